The van der Waals surface area contributed by atoms with E-state index in [0.717, 1.165) is 0 Å². The second kappa shape index (κ2) is 7.09. The van der Waals surface area contributed by atoms with Crippen LogP contribution in [0.1, 0.15) is 31.1 Å². The molecule has 19 heavy (non-hydrogen) atoms. The van der Waals surface area contributed by atoms with Crippen LogP contribution in [-0.4, -0.2) is 40.8 Å². The number of hydrogen-bond acceptors (Lipinski definition) is 3. The fraction of sp³-hybridized carbons (Fsp3) is 0.462. The van der Waals surface area contributed by atoms with Gasteiger partial charge in [0.1, 0.15) is 5.15 Å². The molecule has 6 heteroatoms. The SMILES string of the molecule is CCN(CC(=O)NC(C)C)C(=O)c1ccc(Cl)nc1. The molecule has 0 aliphatic carbocycles. The highest BCUT2D eigenvalue weighted by atomic mass is 35.5. The van der Waals surface area contributed by atoms with Gasteiger partial charge >= 0.3 is 0 Å². The minimum Gasteiger partial charge on any atom is -0.352 e. The molecule has 1 rings (SSSR count). The van der Waals surface area contributed by atoms with Gasteiger partial charge in [-0.1, -0.05) is 11.6 Å². The van der Waals surface area contributed by atoms with E-state index in [9.17, 15) is 9.59 Å². The van der Waals surface area contributed by atoms with Gasteiger partial charge in [0.2, 0.25) is 5.91 Å². The van der Waals surface area contributed by atoms with Gasteiger partial charge in [-0.2, -0.15) is 0 Å². The molecule has 1 heterocycles. The van der Waals surface area contributed by atoms with Crippen molar-refractivity contribution in [3.63, 3.8) is 0 Å². The van der Waals surface area contributed by atoms with Crippen molar-refractivity contribution in [1.29, 1.82) is 0 Å². The lowest BCUT2D eigenvalue weighted by Gasteiger charge is -2.21. The predicted molar refractivity (Wildman–Crippen MR) is 74.1 cm³/mol. The van der Waals surface area contributed by atoms with E-state index in [2.05, 4.69) is 10.3 Å². The Balaban J connectivity index is 2.71. The fourth-order valence-corrected chi connectivity index (χ4v) is 1.66. The lowest BCUT2D eigenvalue weighted by atomic mass is 10.2. The first-order valence-electron chi connectivity index (χ1n) is 6.14. The molecule has 5 nitrogen and oxygen atoms in total. The van der Waals surface area contributed by atoms with Crippen LogP contribution in [0.2, 0.25) is 5.15 Å². The van der Waals surface area contributed by atoms with Crippen LogP contribution in [0.5, 0.6) is 0 Å². The fourth-order valence-electron chi connectivity index (χ4n) is 1.55. The van der Waals surface area contributed by atoms with Gasteiger partial charge in [-0.3, -0.25) is 9.59 Å². The minimum atomic E-state index is -0.231. The molecule has 1 aromatic rings. The standard InChI is InChI=1S/C13H18ClN3O2/c1-4-17(8-12(18)16-9(2)3)13(19)10-5-6-11(14)15-7-10/h5-7,9H,4,8H2,1-3H3,(H,16,18). The van der Waals surface area contributed by atoms with Gasteiger partial charge in [0.25, 0.3) is 5.91 Å². The largest absolute Gasteiger partial charge is 0.352 e. The first-order chi connectivity index (χ1) is 8.93. The molecule has 1 aromatic heterocycles. The average molecular weight is 284 g/mol. The number of hydrogen-bond donors (Lipinski definition) is 1. The number of aromatic nitrogens is 1. The van der Waals surface area contributed by atoms with Crippen molar-refractivity contribution in [3.8, 4) is 0 Å². The van der Waals surface area contributed by atoms with Crippen molar-refractivity contribution in [1.82, 2.24) is 15.2 Å². The molecule has 104 valence electrons. The molecule has 0 aliphatic rings. The van der Waals surface area contributed by atoms with Crippen LogP contribution in [0.15, 0.2) is 18.3 Å². The average Bonchev–Trinajstić information content (AvgIpc) is 2.35. The highest BCUT2D eigenvalue weighted by Gasteiger charge is 2.17. The third-order valence-corrected chi connectivity index (χ3v) is 2.65. The summed E-state index contributed by atoms with van der Waals surface area (Å²) in [5, 5.41) is 3.08. The predicted octanol–water partition coefficient (Wildman–Crippen LogP) is 1.72. The van der Waals surface area contributed by atoms with Gasteiger partial charge in [-0.05, 0) is 32.9 Å². The number of likely N-dealkylation sites (N-methyl/N-ethyl adjacent to an activating group) is 1. The Hall–Kier alpha value is -1.62. The monoisotopic (exact) mass is 283 g/mol. The maximum Gasteiger partial charge on any atom is 0.255 e. The Morgan fingerprint density at radius 2 is 2.11 bits per heavy atom. The second-order valence-electron chi connectivity index (χ2n) is 4.41. The Morgan fingerprint density at radius 1 is 1.42 bits per heavy atom. The molecule has 0 unspecified atom stereocenters. The third kappa shape index (κ3) is 4.87. The van der Waals surface area contributed by atoms with Gasteiger partial charge in [0, 0.05) is 18.8 Å². The van der Waals surface area contributed by atoms with Crippen molar-refractivity contribution >= 4 is 23.4 Å². The third-order valence-electron chi connectivity index (χ3n) is 2.43. The Bertz CT molecular complexity index is 446. The van der Waals surface area contributed by atoms with Crippen LogP contribution in [0.25, 0.3) is 0 Å². The topological polar surface area (TPSA) is 62.3 Å². The molecule has 0 atom stereocenters. The van der Waals surface area contributed by atoms with E-state index in [1.54, 1.807) is 12.1 Å². The molecular weight excluding hydrogens is 266 g/mol. The maximum atomic E-state index is 12.2. The van der Waals surface area contributed by atoms with Crippen LogP contribution in [0, 0.1) is 0 Å². The summed E-state index contributed by atoms with van der Waals surface area (Å²) in [7, 11) is 0. The number of pyridine rings is 1. The second-order valence-corrected chi connectivity index (χ2v) is 4.80. The first-order valence-corrected chi connectivity index (χ1v) is 6.52. The lowest BCUT2D eigenvalue weighted by Crippen LogP contribution is -2.42. The molecular formula is C13H18ClN3O2. The molecule has 0 saturated carbocycles. The summed E-state index contributed by atoms with van der Waals surface area (Å²) in [5.41, 5.74) is 0.420. The minimum absolute atomic E-state index is 0.0378. The molecule has 0 aliphatic heterocycles. The zero-order valence-electron chi connectivity index (χ0n) is 11.3. The van der Waals surface area contributed by atoms with E-state index >= 15 is 0 Å². The van der Waals surface area contributed by atoms with E-state index in [4.69, 9.17) is 11.6 Å². The number of carbonyl (C=O) groups is 2. The van der Waals surface area contributed by atoms with Crippen molar-refractivity contribution in [2.45, 2.75) is 26.8 Å². The number of nitrogens with zero attached hydrogens (tertiary/aromatic N) is 2. The van der Waals surface area contributed by atoms with Gasteiger partial charge in [0.15, 0.2) is 0 Å². The van der Waals surface area contributed by atoms with E-state index < -0.39 is 0 Å². The van der Waals surface area contributed by atoms with Crippen LogP contribution in [0.3, 0.4) is 0 Å². The summed E-state index contributed by atoms with van der Waals surface area (Å²) < 4.78 is 0. The maximum absolute atomic E-state index is 12.2. The van der Waals surface area contributed by atoms with E-state index in [1.165, 1.54) is 11.1 Å². The molecule has 0 aromatic carbocycles. The zero-order valence-corrected chi connectivity index (χ0v) is 12.1. The quantitative estimate of drug-likeness (QED) is 0.837. The van der Waals surface area contributed by atoms with E-state index in [0.29, 0.717) is 17.3 Å². The van der Waals surface area contributed by atoms with Crippen molar-refractivity contribution in [3.05, 3.63) is 29.0 Å². The van der Waals surface area contributed by atoms with Crippen LogP contribution < -0.4 is 5.32 Å². The zero-order chi connectivity index (χ0) is 14.4. The number of nitrogens with one attached hydrogen (secondary N) is 1. The van der Waals surface area contributed by atoms with Crippen LogP contribution in [-0.2, 0) is 4.79 Å². The van der Waals surface area contributed by atoms with Gasteiger partial charge in [0.05, 0.1) is 12.1 Å². The number of carbonyl (C=O) groups excluding carboxylic acids is 2. The lowest BCUT2D eigenvalue weighted by molar-refractivity contribution is -0.122. The molecule has 0 fully saturated rings. The highest BCUT2D eigenvalue weighted by Crippen LogP contribution is 2.08. The molecule has 0 radical (unpaired) electrons. The highest BCUT2D eigenvalue weighted by molar-refractivity contribution is 6.29. The Labute approximate surface area is 118 Å². The van der Waals surface area contributed by atoms with Crippen LogP contribution in [0.4, 0.5) is 0 Å². The summed E-state index contributed by atoms with van der Waals surface area (Å²) in [6, 6.07) is 3.20. The number of rotatable bonds is 5. The van der Waals surface area contributed by atoms with Crippen molar-refractivity contribution in [2.24, 2.45) is 0 Å². The molecule has 0 spiro atoms. The first kappa shape index (κ1) is 15.4. The summed E-state index contributed by atoms with van der Waals surface area (Å²) in [6.07, 6.45) is 1.41. The summed E-state index contributed by atoms with van der Waals surface area (Å²) in [4.78, 5) is 29.2. The van der Waals surface area contributed by atoms with E-state index in [-0.39, 0.29) is 24.4 Å². The van der Waals surface area contributed by atoms with Crippen LogP contribution >= 0.6 is 11.6 Å². The van der Waals surface area contributed by atoms with Gasteiger partial charge < -0.3 is 10.2 Å². The smallest absolute Gasteiger partial charge is 0.255 e. The summed E-state index contributed by atoms with van der Waals surface area (Å²) in [5.74, 6) is -0.405. The van der Waals surface area contributed by atoms with Crippen molar-refractivity contribution in [2.75, 3.05) is 13.1 Å². The normalized spacial score (nSPS) is 10.4. The van der Waals surface area contributed by atoms with Gasteiger partial charge in [-0.15, -0.1) is 0 Å². The van der Waals surface area contributed by atoms with E-state index in [1.807, 2.05) is 20.8 Å². The summed E-state index contributed by atoms with van der Waals surface area (Å²) >= 11 is 5.67. The molecule has 1 N–H and O–H groups in total. The molecule has 2 amide bonds. The molecule has 0 saturated heterocycles. The van der Waals surface area contributed by atoms with Crippen molar-refractivity contribution < 1.29 is 9.59 Å². The number of halogens is 1. The molecule has 0 bridgehead atoms. The number of amides is 2. The Morgan fingerprint density at radius 3 is 2.58 bits per heavy atom. The summed E-state index contributed by atoms with van der Waals surface area (Å²) in [6.45, 7) is 6.06. The Kier molecular flexibility index (Phi) is 5.76. The van der Waals surface area contributed by atoms with Gasteiger partial charge in [-0.25, -0.2) is 4.98 Å².